The summed E-state index contributed by atoms with van der Waals surface area (Å²) in [6.45, 7) is 6.71. The fourth-order valence-electron chi connectivity index (χ4n) is 3.25. The second-order valence-electron chi connectivity index (χ2n) is 6.26. The van der Waals surface area contributed by atoms with Crippen LogP contribution in [0.1, 0.15) is 25.3 Å². The van der Waals surface area contributed by atoms with Crippen LogP contribution in [0.2, 0.25) is 0 Å². The van der Waals surface area contributed by atoms with Gasteiger partial charge in [0.1, 0.15) is 17.0 Å². The summed E-state index contributed by atoms with van der Waals surface area (Å²) in [5.41, 5.74) is 2.28. The number of H-pyrrole nitrogens is 1. The van der Waals surface area contributed by atoms with Crippen molar-refractivity contribution in [3.63, 3.8) is 0 Å². The number of anilines is 1. The van der Waals surface area contributed by atoms with Gasteiger partial charge in [-0.3, -0.25) is 4.90 Å². The highest BCUT2D eigenvalue weighted by Crippen LogP contribution is 2.33. The van der Waals surface area contributed by atoms with Crippen LogP contribution in [0.25, 0.3) is 10.9 Å². The quantitative estimate of drug-likeness (QED) is 0.873. The molecule has 1 aromatic carbocycles. The van der Waals surface area contributed by atoms with Crippen LogP contribution in [0.5, 0.6) is 11.5 Å². The van der Waals surface area contributed by atoms with Crippen LogP contribution >= 0.6 is 0 Å². The molecular weight excluding hydrogens is 276 g/mol. The van der Waals surface area contributed by atoms with Gasteiger partial charge in [0.25, 0.3) is 5.82 Å². The number of nitrogens with zero attached hydrogens (tertiary/aromatic N) is 1. The van der Waals surface area contributed by atoms with Gasteiger partial charge in [-0.05, 0) is 31.2 Å². The Morgan fingerprint density at radius 3 is 2.45 bits per heavy atom. The van der Waals surface area contributed by atoms with Crippen LogP contribution in [0.3, 0.4) is 0 Å². The first-order valence-corrected chi connectivity index (χ1v) is 7.96. The number of ether oxygens (including phenoxy) is 2. The lowest BCUT2D eigenvalue weighted by atomic mass is 9.99. The summed E-state index contributed by atoms with van der Waals surface area (Å²) in [7, 11) is 3.39. The zero-order valence-electron chi connectivity index (χ0n) is 13.9. The molecule has 2 heterocycles. The normalized spacial score (nSPS) is 16.1. The van der Waals surface area contributed by atoms with Crippen LogP contribution in [0.4, 0.5) is 5.82 Å². The number of aromatic nitrogens is 1. The molecule has 0 unspecified atom stereocenters. The van der Waals surface area contributed by atoms with Crippen molar-refractivity contribution in [2.24, 2.45) is 5.92 Å². The van der Waals surface area contributed by atoms with Gasteiger partial charge in [-0.15, -0.1) is 0 Å². The lowest BCUT2D eigenvalue weighted by Gasteiger charge is -2.25. The molecule has 1 saturated heterocycles. The number of methoxy groups -OCH3 is 2. The Bertz CT molecular complexity index is 676. The lowest BCUT2D eigenvalue weighted by Crippen LogP contribution is -2.36. The van der Waals surface area contributed by atoms with Crippen molar-refractivity contribution in [3.8, 4) is 11.5 Å². The summed E-state index contributed by atoms with van der Waals surface area (Å²) < 4.78 is 10.9. The molecular formula is C18H25N2O2+. The van der Waals surface area contributed by atoms with E-state index in [2.05, 4.69) is 29.8 Å². The fraction of sp³-hybridized carbons (Fsp3) is 0.500. The van der Waals surface area contributed by atoms with Gasteiger partial charge in [-0.1, -0.05) is 6.92 Å². The highest BCUT2D eigenvalue weighted by atomic mass is 16.5. The maximum atomic E-state index is 5.54. The van der Waals surface area contributed by atoms with Crippen molar-refractivity contribution in [2.45, 2.75) is 26.7 Å². The van der Waals surface area contributed by atoms with Gasteiger partial charge in [0.05, 0.1) is 32.7 Å². The maximum Gasteiger partial charge on any atom is 0.275 e. The molecule has 0 aliphatic carbocycles. The second-order valence-corrected chi connectivity index (χ2v) is 6.26. The zero-order chi connectivity index (χ0) is 15.7. The largest absolute Gasteiger partial charge is 0.496 e. The number of aryl methyl sites for hydroxylation is 1. The van der Waals surface area contributed by atoms with E-state index in [0.29, 0.717) is 0 Å². The number of hydrogen-bond donors (Lipinski definition) is 0. The van der Waals surface area contributed by atoms with Gasteiger partial charge < -0.3 is 9.47 Å². The highest BCUT2D eigenvalue weighted by Gasteiger charge is 2.24. The van der Waals surface area contributed by atoms with E-state index in [1.807, 2.05) is 12.1 Å². The molecule has 22 heavy (non-hydrogen) atoms. The summed E-state index contributed by atoms with van der Waals surface area (Å²) in [4.78, 5) is 6.01. The minimum Gasteiger partial charge on any atom is -0.496 e. The van der Waals surface area contributed by atoms with Gasteiger partial charge >= 0.3 is 0 Å². The van der Waals surface area contributed by atoms with Crippen LogP contribution < -0.4 is 19.4 Å². The molecule has 2 aromatic rings. The van der Waals surface area contributed by atoms with Gasteiger partial charge in [0.15, 0.2) is 0 Å². The first-order chi connectivity index (χ1) is 10.6. The molecule has 0 radical (unpaired) electrons. The van der Waals surface area contributed by atoms with E-state index in [1.54, 1.807) is 14.2 Å². The Kier molecular flexibility index (Phi) is 4.10. The van der Waals surface area contributed by atoms with Crippen molar-refractivity contribution < 1.29 is 14.5 Å². The number of fused-ring (bicyclic) bond motifs is 1. The number of rotatable bonds is 3. The Morgan fingerprint density at radius 2 is 1.82 bits per heavy atom. The van der Waals surface area contributed by atoms with Crippen molar-refractivity contribution in [1.82, 2.24) is 0 Å². The van der Waals surface area contributed by atoms with Gasteiger partial charge in [-0.25, -0.2) is 4.98 Å². The first kappa shape index (κ1) is 14.9. The molecule has 4 heteroatoms. The third-order valence-electron chi connectivity index (χ3n) is 4.67. The molecule has 4 nitrogen and oxygen atoms in total. The Balaban J connectivity index is 2.07. The van der Waals surface area contributed by atoms with Gasteiger partial charge in [-0.2, -0.15) is 0 Å². The number of nitrogens with one attached hydrogen (secondary N) is 1. The Morgan fingerprint density at radius 1 is 1.09 bits per heavy atom. The third kappa shape index (κ3) is 2.70. The van der Waals surface area contributed by atoms with E-state index in [9.17, 15) is 0 Å². The van der Waals surface area contributed by atoms with E-state index in [4.69, 9.17) is 9.47 Å². The predicted molar refractivity (Wildman–Crippen MR) is 89.0 cm³/mol. The molecule has 0 amide bonds. The van der Waals surface area contributed by atoms with Crippen LogP contribution in [-0.4, -0.2) is 27.3 Å². The average molecular weight is 301 g/mol. The molecule has 118 valence electrons. The van der Waals surface area contributed by atoms with E-state index in [0.717, 1.165) is 41.4 Å². The first-order valence-electron chi connectivity index (χ1n) is 7.96. The molecule has 0 bridgehead atoms. The molecule has 1 fully saturated rings. The summed E-state index contributed by atoms with van der Waals surface area (Å²) in [6, 6.07) is 6.21. The molecule has 1 aliphatic heterocycles. The van der Waals surface area contributed by atoms with E-state index in [1.165, 1.54) is 24.2 Å². The van der Waals surface area contributed by atoms with Crippen LogP contribution in [-0.2, 0) is 0 Å². The molecule has 1 N–H and O–H groups in total. The van der Waals surface area contributed by atoms with Crippen LogP contribution in [0, 0.1) is 12.8 Å². The van der Waals surface area contributed by atoms with Gasteiger partial charge in [0.2, 0.25) is 0 Å². The van der Waals surface area contributed by atoms with Crippen molar-refractivity contribution >= 4 is 16.7 Å². The van der Waals surface area contributed by atoms with Gasteiger partial charge in [0, 0.05) is 18.2 Å². The predicted octanol–water partition coefficient (Wildman–Crippen LogP) is 3.22. The number of hydrogen-bond acceptors (Lipinski definition) is 3. The van der Waals surface area contributed by atoms with Crippen molar-refractivity contribution in [3.05, 3.63) is 23.8 Å². The monoisotopic (exact) mass is 301 g/mol. The molecule has 1 aliphatic rings. The molecule has 0 atom stereocenters. The minimum atomic E-state index is 0.810. The summed E-state index contributed by atoms with van der Waals surface area (Å²) in [5.74, 6) is 3.68. The average Bonchev–Trinajstić information content (AvgIpc) is 2.54. The highest BCUT2D eigenvalue weighted by molar-refractivity contribution is 5.88. The van der Waals surface area contributed by atoms with E-state index in [-0.39, 0.29) is 0 Å². The zero-order valence-corrected chi connectivity index (χ0v) is 13.9. The molecule has 0 spiro atoms. The molecule has 1 aromatic heterocycles. The number of aromatic amines is 1. The smallest absolute Gasteiger partial charge is 0.275 e. The SMILES string of the molecule is COc1cc(OC)c2c(C)cc(N3CCC(C)CC3)[nH+]c2c1. The Labute approximate surface area is 132 Å². The van der Waals surface area contributed by atoms with Crippen molar-refractivity contribution in [2.75, 3.05) is 32.2 Å². The number of benzene rings is 1. The number of piperidine rings is 1. The van der Waals surface area contributed by atoms with E-state index < -0.39 is 0 Å². The molecule has 3 rings (SSSR count). The topological polar surface area (TPSA) is 35.8 Å². The van der Waals surface area contributed by atoms with Crippen molar-refractivity contribution in [1.29, 1.82) is 0 Å². The third-order valence-corrected chi connectivity index (χ3v) is 4.67. The maximum absolute atomic E-state index is 5.54. The second kappa shape index (κ2) is 6.03. The Hall–Kier alpha value is -1.97. The van der Waals surface area contributed by atoms with Crippen LogP contribution in [0.15, 0.2) is 18.2 Å². The summed E-state index contributed by atoms with van der Waals surface area (Å²) in [5, 5.41) is 1.12. The molecule has 0 saturated carbocycles. The lowest BCUT2D eigenvalue weighted by molar-refractivity contribution is -0.331. The minimum absolute atomic E-state index is 0.810. The number of pyridine rings is 1. The fourth-order valence-corrected chi connectivity index (χ4v) is 3.25. The van der Waals surface area contributed by atoms with E-state index >= 15 is 0 Å². The summed E-state index contributed by atoms with van der Waals surface area (Å²) in [6.07, 6.45) is 2.51. The summed E-state index contributed by atoms with van der Waals surface area (Å²) >= 11 is 0. The standard InChI is InChI=1S/C18H24N2O2/c1-12-5-7-20(8-6-12)17-9-13(2)18-15(19-17)10-14(21-3)11-16(18)22-4/h9-12H,5-8H2,1-4H3/p+1.